The van der Waals surface area contributed by atoms with Gasteiger partial charge in [-0.2, -0.15) is 0 Å². The minimum absolute atomic E-state index is 0.0746. The van der Waals surface area contributed by atoms with Gasteiger partial charge in [0, 0.05) is 42.6 Å². The van der Waals surface area contributed by atoms with Crippen LogP contribution >= 0.6 is 7.37 Å². The molecule has 0 radical (unpaired) electrons. The number of hydrogen-bond donors (Lipinski definition) is 1. The van der Waals surface area contributed by atoms with E-state index in [1.165, 1.54) is 13.3 Å². The molecule has 0 saturated heterocycles. The first-order valence-electron chi connectivity index (χ1n) is 14.6. The second-order valence-electron chi connectivity index (χ2n) is 11.7. The fraction of sp³-hybridized carbons (Fsp3) is 0.485. The van der Waals surface area contributed by atoms with Gasteiger partial charge in [0.25, 0.3) is 0 Å². The van der Waals surface area contributed by atoms with E-state index in [4.69, 9.17) is 9.47 Å². The van der Waals surface area contributed by atoms with Gasteiger partial charge in [-0.05, 0) is 86.8 Å². The topological polar surface area (TPSA) is 71.9 Å². The molecule has 1 aromatic heterocycles. The summed E-state index contributed by atoms with van der Waals surface area (Å²) in [7, 11) is -1.61. The molecule has 1 aliphatic rings. The Hall–Kier alpha value is -2.73. The van der Waals surface area contributed by atoms with Crippen molar-refractivity contribution < 1.29 is 23.3 Å². The van der Waals surface area contributed by atoms with Crippen molar-refractivity contribution in [2.75, 3.05) is 19.4 Å². The third-order valence-electron chi connectivity index (χ3n) is 8.04. The van der Waals surface area contributed by atoms with Crippen LogP contribution in [0.5, 0.6) is 11.6 Å². The summed E-state index contributed by atoms with van der Waals surface area (Å²) < 4.78 is 39.1. The molecule has 0 amide bonds. The SMILES string of the molecule is CCP(=O)(O)C[C@@H](c1cccc(OCc2ccc(-c3cc(OC)ncc3F)c(CN(C(C)C)C(C)C)c2)c1)C1CC1. The van der Waals surface area contributed by atoms with Crippen LogP contribution in [-0.2, 0) is 17.7 Å². The third-order valence-corrected chi connectivity index (χ3v) is 9.99. The van der Waals surface area contributed by atoms with Gasteiger partial charge in [0.05, 0.1) is 13.3 Å². The maximum Gasteiger partial charge on any atom is 0.213 e. The average Bonchev–Trinajstić information content (AvgIpc) is 3.79. The minimum atomic E-state index is -3.14. The molecule has 3 aromatic rings. The quantitative estimate of drug-likeness (QED) is 0.195. The largest absolute Gasteiger partial charge is 0.489 e. The Kier molecular flexibility index (Phi) is 10.3. The number of aromatic nitrogens is 1. The highest BCUT2D eigenvalue weighted by Gasteiger charge is 2.36. The van der Waals surface area contributed by atoms with Crippen molar-refractivity contribution in [3.05, 3.63) is 77.2 Å². The highest BCUT2D eigenvalue weighted by Crippen LogP contribution is 2.52. The monoisotopic (exact) mass is 582 g/mol. The van der Waals surface area contributed by atoms with Crippen LogP contribution in [0.3, 0.4) is 0 Å². The van der Waals surface area contributed by atoms with Crippen molar-refractivity contribution in [1.29, 1.82) is 0 Å². The van der Waals surface area contributed by atoms with E-state index in [0.717, 1.165) is 40.8 Å². The van der Waals surface area contributed by atoms with Gasteiger partial charge in [0.15, 0.2) is 0 Å². The maximum atomic E-state index is 15.0. The zero-order valence-electron chi connectivity index (χ0n) is 25.1. The first kappa shape index (κ1) is 31.2. The number of nitrogens with zero attached hydrogens (tertiary/aromatic N) is 2. The molecule has 222 valence electrons. The van der Waals surface area contributed by atoms with Crippen LogP contribution in [0.2, 0.25) is 0 Å². The van der Waals surface area contributed by atoms with E-state index in [1.54, 1.807) is 13.0 Å². The molecule has 1 aliphatic carbocycles. The van der Waals surface area contributed by atoms with E-state index in [0.29, 0.717) is 54.9 Å². The highest BCUT2D eigenvalue weighted by atomic mass is 31.2. The Bertz CT molecular complexity index is 1370. The summed E-state index contributed by atoms with van der Waals surface area (Å²) in [6, 6.07) is 16.2. The van der Waals surface area contributed by atoms with E-state index in [2.05, 4.69) is 43.6 Å². The molecule has 6 nitrogen and oxygen atoms in total. The van der Waals surface area contributed by atoms with Crippen LogP contribution < -0.4 is 9.47 Å². The molecule has 0 spiro atoms. The zero-order chi connectivity index (χ0) is 29.7. The van der Waals surface area contributed by atoms with Crippen molar-refractivity contribution in [2.24, 2.45) is 5.92 Å². The van der Waals surface area contributed by atoms with Gasteiger partial charge in [-0.1, -0.05) is 37.3 Å². The van der Waals surface area contributed by atoms with E-state index in [-0.39, 0.29) is 5.92 Å². The van der Waals surface area contributed by atoms with E-state index in [1.807, 2.05) is 36.4 Å². The number of pyridine rings is 1. The van der Waals surface area contributed by atoms with Gasteiger partial charge in [-0.25, -0.2) is 9.37 Å². The molecule has 1 fully saturated rings. The normalized spacial score (nSPS) is 15.8. The van der Waals surface area contributed by atoms with Crippen LogP contribution in [0.1, 0.15) is 70.1 Å². The summed E-state index contributed by atoms with van der Waals surface area (Å²) in [6.07, 6.45) is 4.02. The molecule has 0 bridgehead atoms. The lowest BCUT2D eigenvalue weighted by atomic mass is 9.96. The van der Waals surface area contributed by atoms with Crippen LogP contribution in [0.15, 0.2) is 54.7 Å². The second kappa shape index (κ2) is 13.5. The molecular formula is C33H44FN2O4P. The van der Waals surface area contributed by atoms with Gasteiger partial charge in [-0.3, -0.25) is 9.46 Å². The van der Waals surface area contributed by atoms with Crippen LogP contribution in [-0.4, -0.2) is 46.3 Å². The molecule has 0 aliphatic heterocycles. The Morgan fingerprint density at radius 1 is 1.07 bits per heavy atom. The van der Waals surface area contributed by atoms with Crippen molar-refractivity contribution in [3.63, 3.8) is 0 Å². The fourth-order valence-corrected chi connectivity index (χ4v) is 6.87. The summed E-state index contributed by atoms with van der Waals surface area (Å²) in [5, 5.41) is 0. The predicted octanol–water partition coefficient (Wildman–Crippen LogP) is 7.88. The molecule has 8 heteroatoms. The average molecular weight is 583 g/mol. The number of methoxy groups -OCH3 is 1. The highest BCUT2D eigenvalue weighted by molar-refractivity contribution is 7.58. The van der Waals surface area contributed by atoms with Gasteiger partial charge >= 0.3 is 0 Å². The first-order chi connectivity index (χ1) is 19.5. The van der Waals surface area contributed by atoms with Gasteiger partial charge in [-0.15, -0.1) is 0 Å². The minimum Gasteiger partial charge on any atom is -0.489 e. The summed E-state index contributed by atoms with van der Waals surface area (Å²) in [5.41, 5.74) is 4.31. The number of hydrogen-bond acceptors (Lipinski definition) is 5. The van der Waals surface area contributed by atoms with Crippen molar-refractivity contribution >= 4 is 7.37 Å². The first-order valence-corrected chi connectivity index (χ1v) is 16.6. The molecule has 4 rings (SSSR count). The summed E-state index contributed by atoms with van der Waals surface area (Å²) in [4.78, 5) is 16.7. The lowest BCUT2D eigenvalue weighted by molar-refractivity contribution is 0.166. The molecule has 1 unspecified atom stereocenters. The summed E-state index contributed by atoms with van der Waals surface area (Å²) >= 11 is 0. The molecule has 41 heavy (non-hydrogen) atoms. The van der Waals surface area contributed by atoms with Crippen molar-refractivity contribution in [3.8, 4) is 22.8 Å². The molecule has 2 aromatic carbocycles. The van der Waals surface area contributed by atoms with Crippen molar-refractivity contribution in [2.45, 2.75) is 78.6 Å². The van der Waals surface area contributed by atoms with Crippen LogP contribution in [0, 0.1) is 11.7 Å². The lowest BCUT2D eigenvalue weighted by Gasteiger charge is -2.31. The van der Waals surface area contributed by atoms with Gasteiger partial charge in [0.1, 0.15) is 18.2 Å². The van der Waals surface area contributed by atoms with E-state index >= 15 is 0 Å². The third kappa shape index (κ3) is 8.18. The maximum absolute atomic E-state index is 15.0. The number of benzene rings is 2. The van der Waals surface area contributed by atoms with Crippen molar-refractivity contribution in [1.82, 2.24) is 9.88 Å². The smallest absolute Gasteiger partial charge is 0.213 e. The predicted molar refractivity (Wildman–Crippen MR) is 163 cm³/mol. The van der Waals surface area contributed by atoms with Crippen LogP contribution in [0.25, 0.3) is 11.1 Å². The Labute approximate surface area is 244 Å². The zero-order valence-corrected chi connectivity index (χ0v) is 26.0. The van der Waals surface area contributed by atoms with Gasteiger partial charge in [0.2, 0.25) is 13.2 Å². The van der Waals surface area contributed by atoms with Crippen LogP contribution in [0.4, 0.5) is 4.39 Å². The number of halogens is 1. The molecule has 1 N–H and O–H groups in total. The molecule has 1 saturated carbocycles. The van der Waals surface area contributed by atoms with E-state index < -0.39 is 13.2 Å². The molecule has 2 atom stereocenters. The summed E-state index contributed by atoms with van der Waals surface area (Å²) in [5.74, 6) is 1.24. The van der Waals surface area contributed by atoms with Gasteiger partial charge < -0.3 is 14.4 Å². The molecule has 1 heterocycles. The lowest BCUT2D eigenvalue weighted by Crippen LogP contribution is -2.36. The van der Waals surface area contributed by atoms with E-state index in [9.17, 15) is 13.8 Å². The Morgan fingerprint density at radius 3 is 2.44 bits per heavy atom. The number of ether oxygens (including phenoxy) is 2. The fourth-order valence-electron chi connectivity index (χ4n) is 5.49. The standard InChI is InChI=1S/C33H44FN2O4P/c1-7-41(37,38)21-31(25-12-13-25)26-9-8-10-28(16-26)40-20-24-11-14-29(30-17-33(39-6)35-18-32(30)34)27(15-24)19-36(22(2)3)23(4)5/h8-11,14-18,22-23,25,31H,7,12-13,19-21H2,1-6H3,(H,37,38)/t31-/m1/s1. The Morgan fingerprint density at radius 2 is 1.80 bits per heavy atom. The Balaban J connectivity index is 1.60. The summed E-state index contributed by atoms with van der Waals surface area (Å²) in [6.45, 7) is 11.5. The molecular weight excluding hydrogens is 538 g/mol. The second-order valence-corrected chi connectivity index (χ2v) is 14.4. The number of rotatable bonds is 14.